The number of nitriles is 1. The summed E-state index contributed by atoms with van der Waals surface area (Å²) in [6, 6.07) is 9.11. The number of halogens is 1. The van der Waals surface area contributed by atoms with E-state index in [0.717, 1.165) is 12.1 Å². The molecule has 1 saturated heterocycles. The van der Waals surface area contributed by atoms with Crippen LogP contribution in [0.15, 0.2) is 28.7 Å². The van der Waals surface area contributed by atoms with Crippen LogP contribution in [0, 0.1) is 11.3 Å². The van der Waals surface area contributed by atoms with Crippen molar-refractivity contribution in [1.29, 1.82) is 5.26 Å². The van der Waals surface area contributed by atoms with E-state index >= 15 is 0 Å². The molecular weight excluding hydrogens is 330 g/mol. The van der Waals surface area contributed by atoms with Crippen molar-refractivity contribution in [3.05, 3.63) is 29.8 Å². The van der Waals surface area contributed by atoms with Gasteiger partial charge in [-0.05, 0) is 24.6 Å². The third-order valence-corrected chi connectivity index (χ3v) is 5.99. The second kappa shape index (κ2) is 6.69. The van der Waals surface area contributed by atoms with Gasteiger partial charge in [-0.2, -0.15) is 5.26 Å². The maximum Gasteiger partial charge on any atom is 0.269 e. The minimum absolute atomic E-state index is 0.264. The van der Waals surface area contributed by atoms with Crippen LogP contribution in [0.3, 0.4) is 0 Å². The molecule has 0 aliphatic carbocycles. The highest BCUT2D eigenvalue weighted by atomic mass is 35.5. The first-order valence-electron chi connectivity index (χ1n) is 6.32. The highest BCUT2D eigenvalue weighted by Gasteiger charge is 2.30. The van der Waals surface area contributed by atoms with E-state index in [4.69, 9.17) is 16.9 Å². The lowest BCUT2D eigenvalue weighted by atomic mass is 10.2. The number of nitrogens with zero attached hydrogens (tertiary/aromatic N) is 3. The van der Waals surface area contributed by atoms with Gasteiger partial charge in [-0.15, -0.1) is 16.0 Å². The minimum Gasteiger partial charge on any atom is -0.319 e. The molecule has 1 fully saturated rings. The van der Waals surface area contributed by atoms with Crippen LogP contribution in [0.1, 0.15) is 18.9 Å². The van der Waals surface area contributed by atoms with Crippen LogP contribution in [-0.2, 0) is 10.0 Å². The lowest BCUT2D eigenvalue weighted by molar-refractivity contribution is 0.602. The maximum absolute atomic E-state index is 11.6. The van der Waals surface area contributed by atoms with Crippen molar-refractivity contribution in [3.63, 3.8) is 0 Å². The van der Waals surface area contributed by atoms with Crippen LogP contribution in [0.4, 0.5) is 5.69 Å². The third-order valence-electron chi connectivity index (χ3n) is 2.99. The monoisotopic (exact) mass is 343 g/mol. The van der Waals surface area contributed by atoms with Crippen LogP contribution < -0.4 is 4.90 Å². The van der Waals surface area contributed by atoms with Crippen molar-refractivity contribution in [2.24, 2.45) is 4.40 Å². The summed E-state index contributed by atoms with van der Waals surface area (Å²) < 4.78 is 27.1. The number of hydrogen-bond acceptors (Lipinski definition) is 4. The number of anilines is 1. The quantitative estimate of drug-likeness (QED) is 0.786. The highest BCUT2D eigenvalue weighted by Crippen LogP contribution is 2.33. The van der Waals surface area contributed by atoms with E-state index in [9.17, 15) is 8.42 Å². The lowest BCUT2D eigenvalue weighted by Gasteiger charge is -2.18. The van der Waals surface area contributed by atoms with E-state index in [1.54, 1.807) is 18.2 Å². The van der Waals surface area contributed by atoms with Crippen molar-refractivity contribution < 1.29 is 8.42 Å². The molecule has 0 radical (unpaired) electrons. The molecule has 0 aromatic heterocycles. The summed E-state index contributed by atoms with van der Waals surface area (Å²) in [6.45, 7) is 2.70. The Labute approximate surface area is 133 Å². The minimum atomic E-state index is -3.67. The number of alkyl halides is 1. The zero-order valence-corrected chi connectivity index (χ0v) is 13.7. The van der Waals surface area contributed by atoms with Gasteiger partial charge in [0.2, 0.25) is 0 Å². The molecule has 112 valence electrons. The predicted octanol–water partition coefficient (Wildman–Crippen LogP) is 2.77. The fourth-order valence-electron chi connectivity index (χ4n) is 1.92. The van der Waals surface area contributed by atoms with Gasteiger partial charge >= 0.3 is 0 Å². The normalized spacial score (nSPS) is 20.7. The van der Waals surface area contributed by atoms with Gasteiger partial charge in [-0.3, -0.25) is 0 Å². The van der Waals surface area contributed by atoms with Crippen LogP contribution in [0.5, 0.6) is 0 Å². The average Bonchev–Trinajstić information content (AvgIpc) is 2.89. The van der Waals surface area contributed by atoms with Gasteiger partial charge in [0.05, 0.1) is 11.6 Å². The summed E-state index contributed by atoms with van der Waals surface area (Å²) in [6.07, 6.45) is 0.902. The molecule has 1 aromatic rings. The molecule has 1 aromatic carbocycles. The second-order valence-electron chi connectivity index (χ2n) is 4.49. The molecule has 1 aliphatic rings. The molecule has 21 heavy (non-hydrogen) atoms. The number of rotatable bonds is 4. The fourth-order valence-corrected chi connectivity index (χ4v) is 3.96. The molecule has 0 N–H and O–H groups in total. The number of benzene rings is 1. The van der Waals surface area contributed by atoms with E-state index in [2.05, 4.69) is 10.5 Å². The Kier molecular flexibility index (Phi) is 5.14. The van der Waals surface area contributed by atoms with E-state index in [-0.39, 0.29) is 5.25 Å². The molecule has 1 aliphatic heterocycles. The lowest BCUT2D eigenvalue weighted by Crippen LogP contribution is -2.26. The second-order valence-corrected chi connectivity index (χ2v) is 7.97. The van der Waals surface area contributed by atoms with Crippen molar-refractivity contribution in [1.82, 2.24) is 0 Å². The van der Waals surface area contributed by atoms with E-state index in [1.807, 2.05) is 17.9 Å². The summed E-state index contributed by atoms with van der Waals surface area (Å²) in [5, 5.41) is 9.11. The predicted molar refractivity (Wildman–Crippen MR) is 87.2 cm³/mol. The van der Waals surface area contributed by atoms with E-state index < -0.39 is 15.2 Å². The van der Waals surface area contributed by atoms with Gasteiger partial charge in [0.25, 0.3) is 10.0 Å². The van der Waals surface area contributed by atoms with Crippen LogP contribution in [0.2, 0.25) is 0 Å². The first-order chi connectivity index (χ1) is 9.99. The van der Waals surface area contributed by atoms with Gasteiger partial charge in [-0.25, -0.2) is 8.42 Å². The zero-order valence-electron chi connectivity index (χ0n) is 11.4. The van der Waals surface area contributed by atoms with E-state index in [1.165, 1.54) is 11.8 Å². The molecule has 1 atom stereocenters. The fraction of sp³-hybridized carbons (Fsp3) is 0.385. The summed E-state index contributed by atoms with van der Waals surface area (Å²) in [5.41, 5.74) is 1.29. The summed E-state index contributed by atoms with van der Waals surface area (Å²) >= 11 is 6.84. The van der Waals surface area contributed by atoms with Crippen LogP contribution in [-0.4, -0.2) is 30.6 Å². The zero-order chi connectivity index (χ0) is 15.5. The molecule has 0 spiro atoms. The van der Waals surface area contributed by atoms with Crippen LogP contribution in [0.25, 0.3) is 0 Å². The summed E-state index contributed by atoms with van der Waals surface area (Å²) in [5.74, 6) is 0. The highest BCUT2D eigenvalue weighted by molar-refractivity contribution is 8.15. The Balaban J connectivity index is 2.41. The molecule has 8 heteroatoms. The first-order valence-corrected chi connectivity index (χ1v) is 9.34. The Morgan fingerprint density at radius 2 is 2.33 bits per heavy atom. The molecule has 2 rings (SSSR count). The maximum atomic E-state index is 11.6. The number of amidine groups is 1. The number of hydrogen-bond donors (Lipinski definition) is 0. The third kappa shape index (κ3) is 3.90. The Bertz CT molecular complexity index is 698. The van der Waals surface area contributed by atoms with E-state index in [0.29, 0.717) is 17.3 Å². The molecule has 0 saturated carbocycles. The van der Waals surface area contributed by atoms with Gasteiger partial charge in [0.1, 0.15) is 5.21 Å². The summed E-state index contributed by atoms with van der Waals surface area (Å²) in [4.78, 5) is 1.82. The number of sulfonamides is 1. The molecule has 0 amide bonds. The standard InChI is InChI=1S/C13H14ClN3O2S2/c1-2-12-8-17(11-5-3-4-10(6-11)7-15)13(20-12)16-21(18,19)9-14/h3-6,12H,2,8-9H2,1H3. The van der Waals surface area contributed by atoms with Crippen molar-refractivity contribution >= 4 is 44.2 Å². The largest absolute Gasteiger partial charge is 0.319 e. The Morgan fingerprint density at radius 1 is 1.57 bits per heavy atom. The average molecular weight is 344 g/mol. The SMILES string of the molecule is CCC1CN(c2cccc(C#N)c2)C(=NS(=O)(=O)CCl)S1. The molecule has 1 heterocycles. The first kappa shape index (κ1) is 16.1. The van der Waals surface area contributed by atoms with Crippen molar-refractivity contribution in [3.8, 4) is 6.07 Å². The molecule has 5 nitrogen and oxygen atoms in total. The van der Waals surface area contributed by atoms with Crippen LogP contribution >= 0.6 is 23.4 Å². The van der Waals surface area contributed by atoms with Gasteiger partial charge < -0.3 is 4.90 Å². The smallest absolute Gasteiger partial charge is 0.269 e. The topological polar surface area (TPSA) is 73.5 Å². The molecule has 1 unspecified atom stereocenters. The molecular formula is C13H14ClN3O2S2. The van der Waals surface area contributed by atoms with Gasteiger partial charge in [-0.1, -0.05) is 24.8 Å². The summed E-state index contributed by atoms with van der Waals surface area (Å²) in [7, 11) is -3.67. The van der Waals surface area contributed by atoms with Crippen molar-refractivity contribution in [2.75, 3.05) is 16.7 Å². The number of thioether (sulfide) groups is 1. The van der Waals surface area contributed by atoms with Gasteiger partial charge in [0.15, 0.2) is 5.17 Å². The Morgan fingerprint density at radius 3 is 2.95 bits per heavy atom. The van der Waals surface area contributed by atoms with Crippen molar-refractivity contribution in [2.45, 2.75) is 18.6 Å². The molecule has 0 bridgehead atoms. The Hall–Kier alpha value is -1.23. The van der Waals surface area contributed by atoms with Gasteiger partial charge in [0, 0.05) is 17.5 Å².